The predicted molar refractivity (Wildman–Crippen MR) is 73.5 cm³/mol. The van der Waals surface area contributed by atoms with Crippen LogP contribution in [-0.4, -0.2) is 50.8 Å². The normalized spacial score (nSPS) is 17.8. The van der Waals surface area contributed by atoms with Gasteiger partial charge in [-0.05, 0) is 32.4 Å². The van der Waals surface area contributed by atoms with E-state index in [1.165, 1.54) is 45.2 Å². The molecule has 0 aromatic heterocycles. The first-order valence-electron chi connectivity index (χ1n) is 7.32. The van der Waals surface area contributed by atoms with Crippen LogP contribution in [0.1, 0.15) is 45.4 Å². The lowest BCUT2D eigenvalue weighted by Crippen LogP contribution is -2.41. The van der Waals surface area contributed by atoms with Gasteiger partial charge in [-0.2, -0.15) is 0 Å². The Morgan fingerprint density at radius 3 is 2.59 bits per heavy atom. The highest BCUT2D eigenvalue weighted by Gasteiger charge is 2.18. The Morgan fingerprint density at radius 2 is 1.94 bits per heavy atom. The largest absolute Gasteiger partial charge is 0.385 e. The van der Waals surface area contributed by atoms with Gasteiger partial charge in [0.15, 0.2) is 0 Å². The molecule has 0 bridgehead atoms. The van der Waals surface area contributed by atoms with Gasteiger partial charge in [0.05, 0.1) is 0 Å². The Bertz CT molecular complexity index is 170. The van der Waals surface area contributed by atoms with Crippen LogP contribution in [0, 0.1) is 0 Å². The molecule has 0 atom stereocenters. The lowest BCUT2D eigenvalue weighted by Gasteiger charge is -2.33. The van der Waals surface area contributed by atoms with Gasteiger partial charge in [0.2, 0.25) is 0 Å². The highest BCUT2D eigenvalue weighted by Crippen LogP contribution is 2.21. The molecular formula is C14H30N2O. The Morgan fingerprint density at radius 1 is 1.18 bits per heavy atom. The predicted octanol–water partition coefficient (Wildman–Crippen LogP) is 2.27. The second-order valence-electron chi connectivity index (χ2n) is 5.02. The van der Waals surface area contributed by atoms with Crippen molar-refractivity contribution in [2.24, 2.45) is 0 Å². The second-order valence-corrected chi connectivity index (χ2v) is 5.02. The van der Waals surface area contributed by atoms with Crippen molar-refractivity contribution in [1.82, 2.24) is 10.2 Å². The summed E-state index contributed by atoms with van der Waals surface area (Å²) in [5.41, 5.74) is 0. The van der Waals surface area contributed by atoms with Gasteiger partial charge in [0, 0.05) is 32.8 Å². The molecule has 1 N–H and O–H groups in total. The number of hydrogen-bond acceptors (Lipinski definition) is 3. The Hall–Kier alpha value is -0.120. The summed E-state index contributed by atoms with van der Waals surface area (Å²) in [6.07, 6.45) is 8.26. The van der Waals surface area contributed by atoms with E-state index in [1.807, 2.05) is 0 Å². The number of rotatable bonds is 9. The average Bonchev–Trinajstić information content (AvgIpc) is 2.39. The molecule has 0 aromatic rings. The van der Waals surface area contributed by atoms with Gasteiger partial charge in [0.1, 0.15) is 0 Å². The number of likely N-dealkylation sites (N-methyl/N-ethyl adjacent to an activating group) is 1. The zero-order valence-electron chi connectivity index (χ0n) is 11.7. The van der Waals surface area contributed by atoms with Gasteiger partial charge < -0.3 is 10.1 Å². The Kier molecular flexibility index (Phi) is 8.67. The maximum absolute atomic E-state index is 5.04. The molecule has 0 aromatic carbocycles. The zero-order chi connectivity index (χ0) is 12.3. The van der Waals surface area contributed by atoms with Gasteiger partial charge in [0.25, 0.3) is 0 Å². The quantitative estimate of drug-likeness (QED) is 0.628. The molecule has 17 heavy (non-hydrogen) atoms. The first-order chi connectivity index (χ1) is 8.38. The summed E-state index contributed by atoms with van der Waals surface area (Å²) in [6, 6.07) is 0.856. The molecule has 102 valence electrons. The van der Waals surface area contributed by atoms with Gasteiger partial charge >= 0.3 is 0 Å². The molecule has 0 amide bonds. The molecule has 1 saturated carbocycles. The first kappa shape index (κ1) is 14.9. The van der Waals surface area contributed by atoms with E-state index >= 15 is 0 Å². The number of ether oxygens (including phenoxy) is 1. The van der Waals surface area contributed by atoms with Crippen LogP contribution in [0.3, 0.4) is 0 Å². The summed E-state index contributed by atoms with van der Waals surface area (Å²) in [5, 5.41) is 3.50. The number of hydrogen-bond donors (Lipinski definition) is 1. The van der Waals surface area contributed by atoms with Crippen molar-refractivity contribution in [2.75, 3.05) is 39.9 Å². The summed E-state index contributed by atoms with van der Waals surface area (Å²) >= 11 is 0. The van der Waals surface area contributed by atoms with E-state index in [2.05, 4.69) is 17.1 Å². The van der Waals surface area contributed by atoms with E-state index in [1.54, 1.807) is 7.11 Å². The van der Waals surface area contributed by atoms with Crippen LogP contribution in [0.5, 0.6) is 0 Å². The maximum Gasteiger partial charge on any atom is 0.0474 e. The molecule has 1 aliphatic rings. The summed E-state index contributed by atoms with van der Waals surface area (Å²) in [6.45, 7) is 7.76. The van der Waals surface area contributed by atoms with Gasteiger partial charge in [-0.15, -0.1) is 0 Å². The second kappa shape index (κ2) is 9.86. The summed E-state index contributed by atoms with van der Waals surface area (Å²) in [5.74, 6) is 0. The molecular weight excluding hydrogens is 212 g/mol. The van der Waals surface area contributed by atoms with Crippen molar-refractivity contribution in [3.63, 3.8) is 0 Å². The highest BCUT2D eigenvalue weighted by atomic mass is 16.5. The smallest absolute Gasteiger partial charge is 0.0474 e. The van der Waals surface area contributed by atoms with Gasteiger partial charge in [-0.3, -0.25) is 4.90 Å². The van der Waals surface area contributed by atoms with Gasteiger partial charge in [-0.25, -0.2) is 0 Å². The van der Waals surface area contributed by atoms with Crippen LogP contribution in [0.15, 0.2) is 0 Å². The molecule has 0 heterocycles. The van der Waals surface area contributed by atoms with Crippen LogP contribution >= 0.6 is 0 Å². The van der Waals surface area contributed by atoms with Crippen LogP contribution in [0.2, 0.25) is 0 Å². The monoisotopic (exact) mass is 242 g/mol. The summed E-state index contributed by atoms with van der Waals surface area (Å²) in [7, 11) is 1.77. The van der Waals surface area contributed by atoms with Crippen molar-refractivity contribution in [1.29, 1.82) is 0 Å². The third-order valence-corrected chi connectivity index (χ3v) is 3.78. The zero-order valence-corrected chi connectivity index (χ0v) is 11.7. The minimum Gasteiger partial charge on any atom is -0.385 e. The molecule has 1 rings (SSSR count). The topological polar surface area (TPSA) is 24.5 Å². The average molecular weight is 242 g/mol. The molecule has 3 nitrogen and oxygen atoms in total. The molecule has 0 saturated heterocycles. The fraction of sp³-hybridized carbons (Fsp3) is 1.00. The highest BCUT2D eigenvalue weighted by molar-refractivity contribution is 4.75. The number of nitrogens with zero attached hydrogens (tertiary/aromatic N) is 1. The van der Waals surface area contributed by atoms with Gasteiger partial charge in [-0.1, -0.05) is 26.2 Å². The third-order valence-electron chi connectivity index (χ3n) is 3.78. The van der Waals surface area contributed by atoms with Crippen molar-refractivity contribution in [2.45, 2.75) is 51.5 Å². The standard InChI is InChI=1S/C14H30N2O/c1-3-16(14-8-5-4-6-9-14)12-11-15-10-7-13-17-2/h14-15H,3-13H2,1-2H3. The van der Waals surface area contributed by atoms with E-state index in [0.29, 0.717) is 0 Å². The molecule has 0 radical (unpaired) electrons. The fourth-order valence-corrected chi connectivity index (χ4v) is 2.73. The lowest BCUT2D eigenvalue weighted by atomic mass is 9.94. The van der Waals surface area contributed by atoms with Crippen LogP contribution < -0.4 is 5.32 Å². The molecule has 3 heteroatoms. The fourth-order valence-electron chi connectivity index (χ4n) is 2.73. The van der Waals surface area contributed by atoms with Crippen LogP contribution in [0.25, 0.3) is 0 Å². The number of nitrogens with one attached hydrogen (secondary N) is 1. The molecule has 1 fully saturated rings. The van der Waals surface area contributed by atoms with E-state index in [-0.39, 0.29) is 0 Å². The molecule has 0 spiro atoms. The minimum atomic E-state index is 0.856. The van der Waals surface area contributed by atoms with Crippen molar-refractivity contribution in [3.05, 3.63) is 0 Å². The maximum atomic E-state index is 5.04. The SMILES string of the molecule is CCN(CCNCCCOC)C1CCCCC1. The van der Waals surface area contributed by atoms with E-state index < -0.39 is 0 Å². The van der Waals surface area contributed by atoms with E-state index in [9.17, 15) is 0 Å². The minimum absolute atomic E-state index is 0.856. The van der Waals surface area contributed by atoms with Crippen molar-refractivity contribution >= 4 is 0 Å². The van der Waals surface area contributed by atoms with E-state index in [0.717, 1.165) is 32.2 Å². The van der Waals surface area contributed by atoms with Crippen molar-refractivity contribution in [3.8, 4) is 0 Å². The Labute approximate surface area is 107 Å². The Balaban J connectivity index is 2.05. The third kappa shape index (κ3) is 6.39. The number of methoxy groups -OCH3 is 1. The summed E-state index contributed by atoms with van der Waals surface area (Å²) < 4.78 is 5.04. The van der Waals surface area contributed by atoms with Crippen molar-refractivity contribution < 1.29 is 4.74 Å². The molecule has 0 aliphatic heterocycles. The first-order valence-corrected chi connectivity index (χ1v) is 7.32. The van der Waals surface area contributed by atoms with Crippen LogP contribution in [-0.2, 0) is 4.74 Å². The van der Waals surface area contributed by atoms with E-state index in [4.69, 9.17) is 4.74 Å². The molecule has 1 aliphatic carbocycles. The lowest BCUT2D eigenvalue weighted by molar-refractivity contribution is 0.163. The molecule has 0 unspecified atom stereocenters. The van der Waals surface area contributed by atoms with Crippen LogP contribution in [0.4, 0.5) is 0 Å². The summed E-state index contributed by atoms with van der Waals surface area (Å²) in [4.78, 5) is 2.66.